The first kappa shape index (κ1) is 22.7. The Balaban J connectivity index is 1.64. The molecule has 1 atom stereocenters. The summed E-state index contributed by atoms with van der Waals surface area (Å²) in [6.07, 6.45) is 2.55. The molecule has 6 nitrogen and oxygen atoms in total. The number of benzene rings is 1. The lowest BCUT2D eigenvalue weighted by molar-refractivity contribution is -0.151. The van der Waals surface area contributed by atoms with E-state index in [9.17, 15) is 9.90 Å². The van der Waals surface area contributed by atoms with Crippen LogP contribution >= 0.6 is 11.3 Å². The van der Waals surface area contributed by atoms with Crippen LogP contribution in [0, 0.1) is 6.92 Å². The number of rotatable bonds is 7. The fourth-order valence-electron chi connectivity index (χ4n) is 3.64. The molecule has 1 amide bonds. The quantitative estimate of drug-likeness (QED) is 0.722. The van der Waals surface area contributed by atoms with Gasteiger partial charge in [-0.05, 0) is 45.7 Å². The topological polar surface area (TPSA) is 71.9 Å². The molecule has 1 aliphatic heterocycles. The summed E-state index contributed by atoms with van der Waals surface area (Å²) in [5, 5.41) is 12.1. The maximum atomic E-state index is 12.7. The molecule has 1 fully saturated rings. The summed E-state index contributed by atoms with van der Waals surface area (Å²) in [7, 11) is 1.55. The van der Waals surface area contributed by atoms with Crippen LogP contribution in [0.2, 0.25) is 0 Å². The molecule has 0 bridgehead atoms. The molecule has 2 heterocycles. The number of amides is 1. The van der Waals surface area contributed by atoms with E-state index in [-0.39, 0.29) is 5.91 Å². The molecule has 1 saturated heterocycles. The number of para-hydroxylation sites is 1. The minimum absolute atomic E-state index is 0.0386. The van der Waals surface area contributed by atoms with Crippen molar-refractivity contribution in [1.82, 2.24) is 9.88 Å². The second-order valence-corrected chi connectivity index (χ2v) is 9.41. The van der Waals surface area contributed by atoms with Crippen LogP contribution in [-0.4, -0.2) is 53.3 Å². The summed E-state index contributed by atoms with van der Waals surface area (Å²) >= 11 is 1.56. The number of hydrogen-bond acceptors (Lipinski definition) is 6. The first-order valence-corrected chi connectivity index (χ1v) is 11.3. The molecule has 7 heteroatoms. The number of likely N-dealkylation sites (tertiary alicyclic amines) is 1. The standard InChI is InChI=1S/C23H32N2O4S/c1-17-19(11-16-29-18-9-6-5-7-10-18)30-20(24-17)23(27)12-8-14-25(15-13-23)21(26)22(2,3)28-4/h5-7,9-10,27H,8,11-16H2,1-4H3/t23-/m1/s1. The number of nitrogens with zero attached hydrogens (tertiary/aromatic N) is 2. The van der Waals surface area contributed by atoms with Gasteiger partial charge in [0.2, 0.25) is 0 Å². The van der Waals surface area contributed by atoms with Crippen LogP contribution in [0.5, 0.6) is 5.75 Å². The van der Waals surface area contributed by atoms with Gasteiger partial charge in [0.15, 0.2) is 0 Å². The van der Waals surface area contributed by atoms with Crippen molar-refractivity contribution in [1.29, 1.82) is 0 Å². The Hall–Kier alpha value is -1.96. The van der Waals surface area contributed by atoms with E-state index < -0.39 is 11.2 Å². The molecule has 1 aromatic carbocycles. The van der Waals surface area contributed by atoms with Crippen LogP contribution in [0.3, 0.4) is 0 Å². The summed E-state index contributed by atoms with van der Waals surface area (Å²) in [5.41, 5.74) is -0.912. The van der Waals surface area contributed by atoms with Crippen LogP contribution in [0.15, 0.2) is 30.3 Å². The number of carbonyl (C=O) groups is 1. The monoisotopic (exact) mass is 432 g/mol. The molecular weight excluding hydrogens is 400 g/mol. The number of ether oxygens (including phenoxy) is 2. The zero-order chi connectivity index (χ0) is 21.8. The van der Waals surface area contributed by atoms with Gasteiger partial charge in [-0.2, -0.15) is 0 Å². The second kappa shape index (κ2) is 9.45. The zero-order valence-corrected chi connectivity index (χ0v) is 19.1. The number of aliphatic hydroxyl groups is 1. The van der Waals surface area contributed by atoms with Crippen LogP contribution in [0.1, 0.15) is 48.7 Å². The Kier molecular flexibility index (Phi) is 7.16. The number of methoxy groups -OCH3 is 1. The Bertz CT molecular complexity index is 852. The lowest BCUT2D eigenvalue weighted by atomic mass is 9.96. The van der Waals surface area contributed by atoms with Crippen molar-refractivity contribution in [2.45, 2.75) is 57.7 Å². The molecular formula is C23H32N2O4S. The highest BCUT2D eigenvalue weighted by Gasteiger charge is 2.39. The molecule has 0 unspecified atom stereocenters. The van der Waals surface area contributed by atoms with Gasteiger partial charge in [-0.15, -0.1) is 11.3 Å². The summed E-state index contributed by atoms with van der Waals surface area (Å²) in [5.74, 6) is 0.814. The number of carbonyl (C=O) groups excluding carboxylic acids is 1. The lowest BCUT2D eigenvalue weighted by Crippen LogP contribution is -2.47. The van der Waals surface area contributed by atoms with Gasteiger partial charge in [0, 0.05) is 37.9 Å². The summed E-state index contributed by atoms with van der Waals surface area (Å²) in [6, 6.07) is 9.75. The summed E-state index contributed by atoms with van der Waals surface area (Å²) in [4.78, 5) is 20.4. The highest BCUT2D eigenvalue weighted by molar-refractivity contribution is 7.11. The molecule has 0 radical (unpaired) electrons. The predicted molar refractivity (Wildman–Crippen MR) is 118 cm³/mol. The maximum Gasteiger partial charge on any atom is 0.254 e. The average molecular weight is 433 g/mol. The van der Waals surface area contributed by atoms with E-state index in [1.165, 1.54) is 0 Å². The van der Waals surface area contributed by atoms with Gasteiger partial charge < -0.3 is 19.5 Å². The smallest absolute Gasteiger partial charge is 0.254 e. The minimum Gasteiger partial charge on any atom is -0.493 e. The fourth-order valence-corrected chi connectivity index (χ4v) is 4.83. The summed E-state index contributed by atoms with van der Waals surface area (Å²) < 4.78 is 11.2. The van der Waals surface area contributed by atoms with E-state index in [0.717, 1.165) is 34.2 Å². The highest BCUT2D eigenvalue weighted by Crippen LogP contribution is 2.37. The number of thiazole rings is 1. The first-order valence-electron chi connectivity index (χ1n) is 10.5. The van der Waals surface area contributed by atoms with Crippen molar-refractivity contribution >= 4 is 17.2 Å². The third-order valence-corrected chi connectivity index (χ3v) is 7.17. The van der Waals surface area contributed by atoms with Crippen LogP contribution in [-0.2, 0) is 21.6 Å². The third kappa shape index (κ3) is 5.20. The van der Waals surface area contributed by atoms with E-state index >= 15 is 0 Å². The SMILES string of the molecule is COC(C)(C)C(=O)N1CCC[C@](O)(c2nc(C)c(CCOc3ccccc3)s2)CC1. The van der Waals surface area contributed by atoms with Gasteiger partial charge in [-0.3, -0.25) is 4.79 Å². The molecule has 2 aromatic rings. The van der Waals surface area contributed by atoms with Gasteiger partial charge in [-0.1, -0.05) is 18.2 Å². The van der Waals surface area contributed by atoms with Gasteiger partial charge in [0.25, 0.3) is 5.91 Å². The average Bonchev–Trinajstić information content (AvgIpc) is 2.99. The van der Waals surface area contributed by atoms with Gasteiger partial charge in [0.1, 0.15) is 22.0 Å². The van der Waals surface area contributed by atoms with Crippen molar-refractivity contribution in [3.05, 3.63) is 45.9 Å². The number of aromatic nitrogens is 1. The van der Waals surface area contributed by atoms with Crippen LogP contribution in [0.4, 0.5) is 0 Å². The second-order valence-electron chi connectivity index (χ2n) is 8.33. The fraction of sp³-hybridized carbons (Fsp3) is 0.565. The predicted octanol–water partition coefficient (Wildman–Crippen LogP) is 3.70. The van der Waals surface area contributed by atoms with Crippen molar-refractivity contribution in [3.63, 3.8) is 0 Å². The molecule has 0 spiro atoms. The normalized spacial score (nSPS) is 20.1. The van der Waals surface area contributed by atoms with E-state index in [0.29, 0.717) is 32.5 Å². The molecule has 1 aromatic heterocycles. The van der Waals surface area contributed by atoms with E-state index in [2.05, 4.69) is 0 Å². The number of aryl methyl sites for hydroxylation is 1. The largest absolute Gasteiger partial charge is 0.493 e. The molecule has 3 rings (SSSR count). The Morgan fingerprint density at radius 1 is 1.27 bits per heavy atom. The van der Waals surface area contributed by atoms with E-state index in [1.54, 1.807) is 37.2 Å². The molecule has 164 valence electrons. The van der Waals surface area contributed by atoms with Crippen molar-refractivity contribution in [2.75, 3.05) is 26.8 Å². The highest BCUT2D eigenvalue weighted by atomic mass is 32.1. The molecule has 1 N–H and O–H groups in total. The van der Waals surface area contributed by atoms with Crippen molar-refractivity contribution in [2.24, 2.45) is 0 Å². The van der Waals surface area contributed by atoms with Crippen molar-refractivity contribution in [3.8, 4) is 5.75 Å². The zero-order valence-electron chi connectivity index (χ0n) is 18.3. The molecule has 0 aliphatic carbocycles. The molecule has 1 aliphatic rings. The van der Waals surface area contributed by atoms with Crippen LogP contribution in [0.25, 0.3) is 0 Å². The first-order chi connectivity index (χ1) is 14.2. The Morgan fingerprint density at radius 3 is 2.70 bits per heavy atom. The Labute approximate surface area is 182 Å². The minimum atomic E-state index is -1.000. The Morgan fingerprint density at radius 2 is 2.00 bits per heavy atom. The van der Waals surface area contributed by atoms with Gasteiger partial charge in [0.05, 0.1) is 12.3 Å². The lowest BCUT2D eigenvalue weighted by Gasteiger charge is -2.30. The van der Waals surface area contributed by atoms with E-state index in [4.69, 9.17) is 14.5 Å². The number of hydrogen-bond donors (Lipinski definition) is 1. The van der Waals surface area contributed by atoms with Crippen molar-refractivity contribution < 1.29 is 19.4 Å². The molecule has 30 heavy (non-hydrogen) atoms. The summed E-state index contributed by atoms with van der Waals surface area (Å²) in [6.45, 7) is 7.22. The van der Waals surface area contributed by atoms with E-state index in [1.807, 2.05) is 37.3 Å². The third-order valence-electron chi connectivity index (χ3n) is 5.76. The maximum absolute atomic E-state index is 12.7. The van der Waals surface area contributed by atoms with Crippen LogP contribution < -0.4 is 4.74 Å². The molecule has 0 saturated carbocycles. The van der Waals surface area contributed by atoms with Gasteiger partial charge >= 0.3 is 0 Å². The van der Waals surface area contributed by atoms with Gasteiger partial charge in [-0.25, -0.2) is 4.98 Å².